The minimum absolute atomic E-state index is 0.316. The molecular formula is C11H15F3N4. The average molecular weight is 260 g/mol. The summed E-state index contributed by atoms with van der Waals surface area (Å²) in [5.41, 5.74) is 0.752. The number of halogens is 3. The number of alkyl halides is 3. The third-order valence-corrected chi connectivity index (χ3v) is 3.14. The van der Waals surface area contributed by atoms with Crippen LogP contribution in [0.3, 0.4) is 0 Å². The number of anilines is 1. The Morgan fingerprint density at radius 2 is 1.78 bits per heavy atom. The molecule has 0 spiro atoms. The maximum Gasteiger partial charge on any atom is 0.389 e. The normalized spacial score (nSPS) is 18.7. The van der Waals surface area contributed by atoms with Gasteiger partial charge in [-0.25, -0.2) is 4.98 Å². The Hall–Kier alpha value is -1.40. The summed E-state index contributed by atoms with van der Waals surface area (Å²) in [6.07, 6.45) is -4.89. The van der Waals surface area contributed by atoms with Crippen molar-refractivity contribution in [3.8, 4) is 0 Å². The molecule has 0 radical (unpaired) electrons. The van der Waals surface area contributed by atoms with Gasteiger partial charge in [0.15, 0.2) is 0 Å². The van der Waals surface area contributed by atoms with Crippen LogP contribution in [0.15, 0.2) is 0 Å². The third kappa shape index (κ3) is 2.70. The second kappa shape index (κ2) is 4.07. The Kier molecular flexibility index (Phi) is 2.95. The lowest BCUT2D eigenvalue weighted by atomic mass is 9.79. The lowest BCUT2D eigenvalue weighted by molar-refractivity contribution is -0.159. The first kappa shape index (κ1) is 13.0. The number of nitrogens with zero attached hydrogens (tertiary/aromatic N) is 4. The SMILES string of the molecule is Cc1nnc(N2CC(C)(CC(F)(F)F)C2)nc1C. The Balaban J connectivity index is 2.02. The van der Waals surface area contributed by atoms with Crippen LogP contribution in [-0.2, 0) is 0 Å². The van der Waals surface area contributed by atoms with Gasteiger partial charge in [0, 0.05) is 18.5 Å². The summed E-state index contributed by atoms with van der Waals surface area (Å²) in [4.78, 5) is 5.96. The molecule has 0 atom stereocenters. The second-order valence-corrected chi connectivity index (χ2v) is 5.24. The first-order valence-electron chi connectivity index (χ1n) is 5.68. The van der Waals surface area contributed by atoms with E-state index >= 15 is 0 Å². The lowest BCUT2D eigenvalue weighted by Crippen LogP contribution is -2.57. The van der Waals surface area contributed by atoms with Crippen molar-refractivity contribution in [2.45, 2.75) is 33.4 Å². The summed E-state index contributed by atoms with van der Waals surface area (Å²) < 4.78 is 37.1. The van der Waals surface area contributed by atoms with E-state index in [9.17, 15) is 13.2 Å². The molecule has 100 valence electrons. The van der Waals surface area contributed by atoms with Crippen molar-refractivity contribution in [1.82, 2.24) is 15.2 Å². The van der Waals surface area contributed by atoms with E-state index in [1.807, 2.05) is 6.92 Å². The molecule has 1 aromatic heterocycles. The van der Waals surface area contributed by atoms with E-state index in [0.717, 1.165) is 11.4 Å². The van der Waals surface area contributed by atoms with E-state index in [1.165, 1.54) is 0 Å². The first-order chi connectivity index (χ1) is 8.19. The molecule has 4 nitrogen and oxygen atoms in total. The molecule has 2 rings (SSSR count). The van der Waals surface area contributed by atoms with Gasteiger partial charge in [-0.2, -0.15) is 18.3 Å². The summed E-state index contributed by atoms with van der Waals surface area (Å²) in [7, 11) is 0. The predicted molar refractivity (Wildman–Crippen MR) is 60.3 cm³/mol. The van der Waals surface area contributed by atoms with Crippen LogP contribution in [-0.4, -0.2) is 34.4 Å². The van der Waals surface area contributed by atoms with Crippen LogP contribution in [0.25, 0.3) is 0 Å². The Morgan fingerprint density at radius 1 is 1.17 bits per heavy atom. The summed E-state index contributed by atoms with van der Waals surface area (Å²) in [5, 5.41) is 7.83. The summed E-state index contributed by atoms with van der Waals surface area (Å²) in [6.45, 7) is 5.87. The van der Waals surface area contributed by atoms with Gasteiger partial charge in [0.05, 0.1) is 17.8 Å². The van der Waals surface area contributed by atoms with Gasteiger partial charge in [-0.3, -0.25) is 0 Å². The zero-order valence-electron chi connectivity index (χ0n) is 10.5. The molecule has 7 heteroatoms. The lowest BCUT2D eigenvalue weighted by Gasteiger charge is -2.48. The molecular weight excluding hydrogens is 245 g/mol. The number of hydrogen-bond acceptors (Lipinski definition) is 4. The molecule has 1 saturated heterocycles. The highest BCUT2D eigenvalue weighted by molar-refractivity contribution is 5.35. The van der Waals surface area contributed by atoms with Crippen LogP contribution >= 0.6 is 0 Å². The van der Waals surface area contributed by atoms with Crippen molar-refractivity contribution >= 4 is 5.95 Å². The van der Waals surface area contributed by atoms with Gasteiger partial charge in [0.25, 0.3) is 0 Å². The van der Waals surface area contributed by atoms with E-state index < -0.39 is 18.0 Å². The molecule has 0 amide bonds. The number of aryl methyl sites for hydroxylation is 2. The van der Waals surface area contributed by atoms with Crippen molar-refractivity contribution in [3.63, 3.8) is 0 Å². The van der Waals surface area contributed by atoms with E-state index in [2.05, 4.69) is 15.2 Å². The van der Waals surface area contributed by atoms with Crippen molar-refractivity contribution in [2.24, 2.45) is 5.41 Å². The van der Waals surface area contributed by atoms with Crippen molar-refractivity contribution in [2.75, 3.05) is 18.0 Å². The molecule has 2 heterocycles. The molecule has 1 fully saturated rings. The fourth-order valence-corrected chi connectivity index (χ4v) is 2.19. The average Bonchev–Trinajstić information content (AvgIpc) is 2.16. The Labute approximate surface area is 103 Å². The highest BCUT2D eigenvalue weighted by Crippen LogP contribution is 2.41. The summed E-state index contributed by atoms with van der Waals surface area (Å²) in [5.74, 6) is 0.415. The first-order valence-corrected chi connectivity index (χ1v) is 5.68. The Bertz CT molecular complexity index is 452. The van der Waals surface area contributed by atoms with Gasteiger partial charge in [0.1, 0.15) is 0 Å². The number of rotatable bonds is 2. The zero-order chi connectivity index (χ0) is 13.6. The van der Waals surface area contributed by atoms with Crippen molar-refractivity contribution in [1.29, 1.82) is 0 Å². The minimum atomic E-state index is -4.12. The highest BCUT2D eigenvalue weighted by atomic mass is 19.4. The van der Waals surface area contributed by atoms with Crippen LogP contribution < -0.4 is 4.90 Å². The molecule has 0 bridgehead atoms. The molecule has 0 unspecified atom stereocenters. The van der Waals surface area contributed by atoms with Crippen LogP contribution in [0.4, 0.5) is 19.1 Å². The largest absolute Gasteiger partial charge is 0.389 e. The van der Waals surface area contributed by atoms with Crippen LogP contribution in [0.2, 0.25) is 0 Å². The van der Waals surface area contributed by atoms with Crippen molar-refractivity contribution < 1.29 is 13.2 Å². The van der Waals surface area contributed by atoms with Gasteiger partial charge < -0.3 is 4.90 Å². The van der Waals surface area contributed by atoms with Crippen molar-refractivity contribution in [3.05, 3.63) is 11.4 Å². The van der Waals surface area contributed by atoms with Gasteiger partial charge in [-0.15, -0.1) is 5.10 Å². The second-order valence-electron chi connectivity index (χ2n) is 5.24. The van der Waals surface area contributed by atoms with Gasteiger partial charge in [-0.05, 0) is 13.8 Å². The summed E-state index contributed by atoms with van der Waals surface area (Å²) in [6, 6.07) is 0. The summed E-state index contributed by atoms with van der Waals surface area (Å²) >= 11 is 0. The van der Waals surface area contributed by atoms with E-state index in [4.69, 9.17) is 0 Å². The highest BCUT2D eigenvalue weighted by Gasteiger charge is 2.47. The molecule has 1 aliphatic heterocycles. The topological polar surface area (TPSA) is 41.9 Å². The Morgan fingerprint density at radius 3 is 2.28 bits per heavy atom. The van der Waals surface area contributed by atoms with Gasteiger partial charge in [0.2, 0.25) is 5.95 Å². The molecule has 0 N–H and O–H groups in total. The maximum absolute atomic E-state index is 12.4. The maximum atomic E-state index is 12.4. The fourth-order valence-electron chi connectivity index (χ4n) is 2.19. The molecule has 0 aromatic carbocycles. The molecule has 1 aromatic rings. The van der Waals surface area contributed by atoms with Gasteiger partial charge >= 0.3 is 6.18 Å². The monoisotopic (exact) mass is 260 g/mol. The van der Waals surface area contributed by atoms with Crippen LogP contribution in [0.5, 0.6) is 0 Å². The van der Waals surface area contributed by atoms with Gasteiger partial charge in [-0.1, -0.05) is 6.92 Å². The molecule has 0 aliphatic carbocycles. The van der Waals surface area contributed by atoms with E-state index in [1.54, 1.807) is 18.7 Å². The number of hydrogen-bond donors (Lipinski definition) is 0. The van der Waals surface area contributed by atoms with E-state index in [0.29, 0.717) is 19.0 Å². The zero-order valence-corrected chi connectivity index (χ0v) is 10.5. The smallest absolute Gasteiger partial charge is 0.338 e. The molecule has 18 heavy (non-hydrogen) atoms. The van der Waals surface area contributed by atoms with Crippen LogP contribution in [0, 0.1) is 19.3 Å². The minimum Gasteiger partial charge on any atom is -0.338 e. The fraction of sp³-hybridized carbons (Fsp3) is 0.727. The standard InChI is InChI=1S/C11H15F3N4/c1-7-8(2)16-17-9(15-7)18-5-10(3,6-18)4-11(12,13)14/h4-6H2,1-3H3. The van der Waals surface area contributed by atoms with Crippen LogP contribution in [0.1, 0.15) is 24.7 Å². The predicted octanol–water partition coefficient (Wildman–Crippen LogP) is 2.27. The third-order valence-electron chi connectivity index (χ3n) is 3.14. The quantitative estimate of drug-likeness (QED) is 0.818. The molecule has 0 saturated carbocycles. The number of aromatic nitrogens is 3. The molecule has 1 aliphatic rings. The van der Waals surface area contributed by atoms with E-state index in [-0.39, 0.29) is 0 Å².